The van der Waals surface area contributed by atoms with E-state index in [1.54, 1.807) is 5.38 Å². The number of nitrogens with one attached hydrogen (secondary N) is 2. The highest BCUT2D eigenvalue weighted by Crippen LogP contribution is 2.45. The summed E-state index contributed by atoms with van der Waals surface area (Å²) in [6, 6.07) is 18.5. The van der Waals surface area contributed by atoms with Crippen LogP contribution in [0.25, 0.3) is 0 Å². The average molecular weight is 528 g/mol. The molecule has 0 aliphatic carbocycles. The van der Waals surface area contributed by atoms with Crippen LogP contribution in [0.3, 0.4) is 0 Å². The topological polar surface area (TPSA) is 101 Å². The molecule has 0 aliphatic heterocycles. The zero-order chi connectivity index (χ0) is 24.1. The van der Waals surface area contributed by atoms with Gasteiger partial charge in [0.1, 0.15) is 6.61 Å². The first-order valence-corrected chi connectivity index (χ1v) is 11.6. The summed E-state index contributed by atoms with van der Waals surface area (Å²) < 4.78 is 8.87. The van der Waals surface area contributed by atoms with Crippen LogP contribution in [0.15, 0.2) is 66.0 Å². The zero-order valence-corrected chi connectivity index (χ0v) is 20.3. The van der Waals surface area contributed by atoms with Gasteiger partial charge in [0.2, 0.25) is 9.39 Å². The van der Waals surface area contributed by atoms with E-state index in [4.69, 9.17) is 50.0 Å². The van der Waals surface area contributed by atoms with E-state index in [-0.39, 0.29) is 10.8 Å². The van der Waals surface area contributed by atoms with Crippen LogP contribution < -0.4 is 11.1 Å². The van der Waals surface area contributed by atoms with Gasteiger partial charge in [-0.15, -0.1) is 11.3 Å². The highest BCUT2D eigenvalue weighted by molar-refractivity contribution is 7.14. The number of hydrogen-bond acceptors (Lipinski definition) is 6. The van der Waals surface area contributed by atoms with E-state index in [1.165, 1.54) is 7.11 Å². The van der Waals surface area contributed by atoms with Crippen molar-refractivity contribution in [1.29, 1.82) is 0 Å². The van der Waals surface area contributed by atoms with Crippen LogP contribution in [-0.2, 0) is 19.9 Å². The summed E-state index contributed by atoms with van der Waals surface area (Å²) in [4.78, 5) is 29.3. The predicted molar refractivity (Wildman–Crippen MR) is 129 cm³/mol. The Bertz CT molecular complexity index is 1050. The number of aromatic nitrogens is 1. The van der Waals surface area contributed by atoms with Crippen molar-refractivity contribution in [3.05, 3.63) is 82.9 Å². The summed E-state index contributed by atoms with van der Waals surface area (Å²) in [7, 11) is 1.35. The monoisotopic (exact) mass is 526 g/mol. The number of ether oxygens (including phenoxy) is 2. The molecule has 33 heavy (non-hydrogen) atoms. The van der Waals surface area contributed by atoms with E-state index < -0.39 is 33.9 Å². The molecule has 2 aromatic carbocycles. The molecule has 1 radical (unpaired) electrons. The molecule has 1 atom stereocenters. The summed E-state index contributed by atoms with van der Waals surface area (Å²) in [5.41, 5.74) is 8.09. The Hall–Kier alpha value is -2.36. The maximum atomic E-state index is 12.9. The molecule has 0 spiro atoms. The number of nitrogens with zero attached hydrogens (tertiary/aromatic N) is 1. The van der Waals surface area contributed by atoms with Crippen LogP contribution >= 0.6 is 46.1 Å². The van der Waals surface area contributed by atoms with Gasteiger partial charge in [-0.2, -0.15) is 0 Å². The first kappa shape index (κ1) is 25.3. The van der Waals surface area contributed by atoms with Crippen molar-refractivity contribution in [2.75, 3.05) is 19.0 Å². The molecule has 173 valence electrons. The largest absolute Gasteiger partial charge is 0.445 e. The molecule has 1 heterocycles. The second kappa shape index (κ2) is 10.7. The number of alkyl halides is 3. The Morgan fingerprint density at radius 1 is 1.06 bits per heavy atom. The third-order valence-corrected chi connectivity index (χ3v) is 5.88. The molecular weight excluding hydrogens is 509 g/mol. The van der Waals surface area contributed by atoms with Crippen molar-refractivity contribution < 1.29 is 19.1 Å². The number of benzene rings is 2. The quantitative estimate of drug-likeness (QED) is 0.387. The summed E-state index contributed by atoms with van der Waals surface area (Å²) in [6.45, 7) is -0.459. The molecule has 3 rings (SSSR count). The first-order valence-electron chi connectivity index (χ1n) is 9.55. The van der Waals surface area contributed by atoms with Crippen molar-refractivity contribution in [2.24, 2.45) is 0 Å². The number of carbonyl (C=O) groups is 2. The Morgan fingerprint density at radius 3 is 2.06 bits per heavy atom. The molecule has 0 fully saturated rings. The van der Waals surface area contributed by atoms with Gasteiger partial charge >= 0.3 is 6.09 Å². The van der Waals surface area contributed by atoms with E-state index in [0.29, 0.717) is 0 Å². The number of hydrogen-bond donors (Lipinski definition) is 1. The van der Waals surface area contributed by atoms with Gasteiger partial charge in [-0.25, -0.2) is 9.78 Å². The van der Waals surface area contributed by atoms with E-state index >= 15 is 0 Å². The molecule has 11 heteroatoms. The Morgan fingerprint density at radius 2 is 1.61 bits per heavy atom. The minimum absolute atomic E-state index is 0.127. The molecule has 2 amide bonds. The van der Waals surface area contributed by atoms with Gasteiger partial charge in [-0.1, -0.05) is 95.5 Å². The SMILES string of the molecule is COC(C([NH])=O)(c1csc(NC(=O)OCC(Cl)(Cl)Cl)n1)C(c1ccccc1)c1ccccc1. The van der Waals surface area contributed by atoms with Crippen LogP contribution in [0.2, 0.25) is 0 Å². The van der Waals surface area contributed by atoms with Gasteiger partial charge in [0.15, 0.2) is 5.13 Å². The van der Waals surface area contributed by atoms with Crippen molar-refractivity contribution in [1.82, 2.24) is 10.7 Å². The molecule has 2 N–H and O–H groups in total. The second-order valence-corrected chi connectivity index (χ2v) is 10.3. The van der Waals surface area contributed by atoms with Crippen LogP contribution in [0.5, 0.6) is 0 Å². The molecule has 0 bridgehead atoms. The maximum absolute atomic E-state index is 12.9. The Kier molecular flexibility index (Phi) is 8.20. The smallest absolute Gasteiger partial charge is 0.413 e. The fourth-order valence-electron chi connectivity index (χ4n) is 3.44. The third kappa shape index (κ3) is 5.96. The fraction of sp³-hybridized carbons (Fsp3) is 0.227. The highest BCUT2D eigenvalue weighted by atomic mass is 35.6. The van der Waals surface area contributed by atoms with E-state index in [9.17, 15) is 9.59 Å². The van der Waals surface area contributed by atoms with Crippen molar-refractivity contribution in [2.45, 2.75) is 15.3 Å². The molecule has 1 aromatic heterocycles. The van der Waals surface area contributed by atoms with E-state index in [2.05, 4.69) is 10.3 Å². The molecule has 1 unspecified atom stereocenters. The van der Waals surface area contributed by atoms with Crippen LogP contribution in [0, 0.1) is 0 Å². The Balaban J connectivity index is 2.02. The number of rotatable bonds is 8. The minimum atomic E-state index is -1.78. The number of methoxy groups -OCH3 is 1. The van der Waals surface area contributed by atoms with Gasteiger partial charge in [0.05, 0.1) is 11.6 Å². The number of halogens is 3. The second-order valence-electron chi connectivity index (χ2n) is 6.88. The van der Waals surface area contributed by atoms with Gasteiger partial charge in [-0.05, 0) is 11.1 Å². The van der Waals surface area contributed by atoms with Crippen LogP contribution in [-0.4, -0.2) is 34.5 Å². The van der Waals surface area contributed by atoms with Crippen molar-refractivity contribution in [3.8, 4) is 0 Å². The summed E-state index contributed by atoms with van der Waals surface area (Å²) in [5.74, 6) is -1.67. The number of anilines is 1. The molecule has 7 nitrogen and oxygen atoms in total. The first-order chi connectivity index (χ1) is 15.7. The van der Waals surface area contributed by atoms with Crippen molar-refractivity contribution in [3.63, 3.8) is 0 Å². The molecule has 0 aliphatic rings. The van der Waals surface area contributed by atoms with Gasteiger partial charge in [0.25, 0.3) is 5.91 Å². The maximum Gasteiger partial charge on any atom is 0.413 e. The van der Waals surface area contributed by atoms with E-state index in [0.717, 1.165) is 22.5 Å². The Labute approximate surface area is 209 Å². The number of carbonyl (C=O) groups excluding carboxylic acids is 2. The van der Waals surface area contributed by atoms with Gasteiger partial charge < -0.3 is 9.47 Å². The third-order valence-electron chi connectivity index (χ3n) is 4.79. The van der Waals surface area contributed by atoms with Crippen molar-refractivity contribution >= 4 is 63.3 Å². The summed E-state index contributed by atoms with van der Waals surface area (Å²) in [6.07, 6.45) is -0.884. The lowest BCUT2D eigenvalue weighted by Gasteiger charge is -2.36. The lowest BCUT2D eigenvalue weighted by Crippen LogP contribution is -2.45. The standard InChI is InChI=1S/C22H19Cl3N3O4S/c1-31-22(18(26)29,16-12-33-19(27-16)28-20(30)32-13-21(23,24)25)17(14-8-4-2-5-9-14)15-10-6-3-7-11-15/h2-12,17,26H,13H2,1H3,(H,27,28,30). The number of amides is 2. The van der Waals surface area contributed by atoms with Crippen LogP contribution in [0.4, 0.5) is 9.93 Å². The van der Waals surface area contributed by atoms with Gasteiger partial charge in [-0.3, -0.25) is 15.8 Å². The average Bonchev–Trinajstić information content (AvgIpc) is 3.25. The molecule has 0 saturated carbocycles. The zero-order valence-electron chi connectivity index (χ0n) is 17.3. The lowest BCUT2D eigenvalue weighted by molar-refractivity contribution is -0.144. The van der Waals surface area contributed by atoms with Crippen LogP contribution in [0.1, 0.15) is 22.7 Å². The van der Waals surface area contributed by atoms with E-state index in [1.807, 2.05) is 60.7 Å². The minimum Gasteiger partial charge on any atom is -0.445 e. The van der Waals surface area contributed by atoms with Gasteiger partial charge in [0, 0.05) is 12.5 Å². The highest BCUT2D eigenvalue weighted by Gasteiger charge is 2.50. The normalized spacial score (nSPS) is 13.4. The molecular formula is C22H19Cl3N3O4S. The molecule has 3 aromatic rings. The lowest BCUT2D eigenvalue weighted by atomic mass is 9.75. The summed E-state index contributed by atoms with van der Waals surface area (Å²) in [5, 5.41) is 4.11. The number of thiazole rings is 1. The molecule has 0 saturated heterocycles. The fourth-order valence-corrected chi connectivity index (χ4v) is 4.34. The summed E-state index contributed by atoms with van der Waals surface area (Å²) >= 11 is 17.8. The predicted octanol–water partition coefficient (Wildman–Crippen LogP) is 5.55.